The number of rotatable bonds is 8. The summed E-state index contributed by atoms with van der Waals surface area (Å²) in [6.07, 6.45) is 4.90. The maximum Gasteiger partial charge on any atom is 0.232 e. The van der Waals surface area contributed by atoms with Crippen molar-refractivity contribution in [3.8, 4) is 0 Å². The third kappa shape index (κ3) is 5.73. The molecule has 0 aliphatic carbocycles. The van der Waals surface area contributed by atoms with Crippen LogP contribution in [0.5, 0.6) is 0 Å². The summed E-state index contributed by atoms with van der Waals surface area (Å²) in [7, 11) is 0. The number of aromatic nitrogens is 2. The minimum Gasteiger partial charge on any atom is -0.367 e. The molecule has 0 aliphatic rings. The summed E-state index contributed by atoms with van der Waals surface area (Å²) < 4.78 is 0. The first kappa shape index (κ1) is 16.3. The monoisotopic (exact) mass is 316 g/mol. The van der Waals surface area contributed by atoms with Crippen molar-refractivity contribution in [3.63, 3.8) is 0 Å². The van der Waals surface area contributed by atoms with Gasteiger partial charge in [0.15, 0.2) is 0 Å². The molecule has 0 fully saturated rings. The lowest BCUT2D eigenvalue weighted by Crippen LogP contribution is -2.34. The Morgan fingerprint density at radius 3 is 2.77 bits per heavy atom. The van der Waals surface area contributed by atoms with Crippen LogP contribution >= 0.6 is 11.8 Å². The summed E-state index contributed by atoms with van der Waals surface area (Å²) in [4.78, 5) is 20.1. The molecule has 1 heterocycles. The van der Waals surface area contributed by atoms with Gasteiger partial charge in [-0.2, -0.15) is 0 Å². The van der Waals surface area contributed by atoms with Gasteiger partial charge < -0.3 is 10.6 Å². The molecule has 5 nitrogen and oxygen atoms in total. The van der Waals surface area contributed by atoms with E-state index in [1.54, 1.807) is 30.4 Å². The number of carbonyl (C=O) groups is 1. The molecule has 2 N–H and O–H groups in total. The summed E-state index contributed by atoms with van der Waals surface area (Å²) in [6, 6.07) is 10.2. The van der Waals surface area contributed by atoms with Crippen LogP contribution in [0.3, 0.4) is 0 Å². The lowest BCUT2D eigenvalue weighted by molar-refractivity contribution is -0.120. The molecule has 1 aromatic carbocycles. The van der Waals surface area contributed by atoms with Gasteiger partial charge in [0, 0.05) is 31.2 Å². The highest BCUT2D eigenvalue weighted by Gasteiger charge is 2.12. The van der Waals surface area contributed by atoms with Crippen LogP contribution in [0.1, 0.15) is 12.5 Å². The maximum atomic E-state index is 12.0. The average Bonchev–Trinajstić information content (AvgIpc) is 2.58. The number of nitrogens with one attached hydrogen (secondary N) is 2. The Labute approximate surface area is 135 Å². The van der Waals surface area contributed by atoms with Crippen LogP contribution in [-0.2, 0) is 10.5 Å². The molecule has 0 aliphatic heterocycles. The van der Waals surface area contributed by atoms with Crippen molar-refractivity contribution in [2.24, 2.45) is 0 Å². The van der Waals surface area contributed by atoms with Crippen LogP contribution in [0.2, 0.25) is 0 Å². The fourth-order valence-corrected chi connectivity index (χ4v) is 2.65. The van der Waals surface area contributed by atoms with Crippen LogP contribution in [0.15, 0.2) is 48.9 Å². The van der Waals surface area contributed by atoms with Gasteiger partial charge in [-0.3, -0.25) is 9.78 Å². The number of amides is 1. The maximum absolute atomic E-state index is 12.0. The number of hydrogen-bond acceptors (Lipinski definition) is 5. The second kappa shape index (κ2) is 9.04. The van der Waals surface area contributed by atoms with Gasteiger partial charge in [0.2, 0.25) is 5.91 Å². The molecular formula is C16H20N4OS. The van der Waals surface area contributed by atoms with Crippen LogP contribution in [-0.4, -0.2) is 34.2 Å². The molecule has 2 aromatic rings. The molecule has 0 saturated heterocycles. The van der Waals surface area contributed by atoms with Crippen molar-refractivity contribution >= 4 is 23.5 Å². The zero-order valence-corrected chi connectivity index (χ0v) is 13.3. The van der Waals surface area contributed by atoms with Gasteiger partial charge in [-0.05, 0) is 12.5 Å². The van der Waals surface area contributed by atoms with E-state index in [1.165, 1.54) is 5.56 Å². The Kier molecular flexibility index (Phi) is 6.70. The summed E-state index contributed by atoms with van der Waals surface area (Å²) >= 11 is 1.64. The van der Waals surface area contributed by atoms with E-state index >= 15 is 0 Å². The van der Waals surface area contributed by atoms with E-state index in [9.17, 15) is 4.79 Å². The molecule has 1 atom stereocenters. The first-order valence-corrected chi connectivity index (χ1v) is 8.23. The van der Waals surface area contributed by atoms with Crippen LogP contribution in [0, 0.1) is 0 Å². The van der Waals surface area contributed by atoms with E-state index in [0.717, 1.165) is 5.75 Å². The third-order valence-corrected chi connectivity index (χ3v) is 4.22. The van der Waals surface area contributed by atoms with E-state index in [4.69, 9.17) is 0 Å². The van der Waals surface area contributed by atoms with Crippen LogP contribution in [0.4, 0.5) is 5.82 Å². The van der Waals surface area contributed by atoms with Crippen molar-refractivity contribution in [2.75, 3.05) is 18.4 Å². The average molecular weight is 316 g/mol. The lowest BCUT2D eigenvalue weighted by Gasteiger charge is -2.12. The van der Waals surface area contributed by atoms with Crippen LogP contribution in [0.25, 0.3) is 0 Å². The second-order valence-electron chi connectivity index (χ2n) is 4.75. The van der Waals surface area contributed by atoms with Crippen LogP contribution < -0.4 is 10.6 Å². The molecule has 1 aromatic heterocycles. The van der Waals surface area contributed by atoms with Gasteiger partial charge in [-0.15, -0.1) is 11.8 Å². The Morgan fingerprint density at radius 1 is 1.23 bits per heavy atom. The van der Waals surface area contributed by atoms with Gasteiger partial charge in [0.05, 0.1) is 11.4 Å². The number of anilines is 1. The van der Waals surface area contributed by atoms with E-state index in [2.05, 4.69) is 32.7 Å². The number of hydrogen-bond donors (Lipinski definition) is 2. The van der Waals surface area contributed by atoms with Crippen molar-refractivity contribution < 1.29 is 4.79 Å². The predicted octanol–water partition coefficient (Wildman–Crippen LogP) is 2.33. The van der Waals surface area contributed by atoms with Crippen molar-refractivity contribution in [2.45, 2.75) is 17.9 Å². The fraction of sp³-hybridized carbons (Fsp3) is 0.312. The zero-order chi connectivity index (χ0) is 15.6. The van der Waals surface area contributed by atoms with E-state index < -0.39 is 0 Å². The van der Waals surface area contributed by atoms with E-state index in [-0.39, 0.29) is 11.2 Å². The molecule has 0 spiro atoms. The van der Waals surface area contributed by atoms with E-state index in [1.807, 2.05) is 25.1 Å². The van der Waals surface area contributed by atoms with Gasteiger partial charge in [0.1, 0.15) is 5.82 Å². The highest BCUT2D eigenvalue weighted by atomic mass is 32.2. The number of thioether (sulfide) groups is 1. The predicted molar refractivity (Wildman–Crippen MR) is 90.7 cm³/mol. The summed E-state index contributed by atoms with van der Waals surface area (Å²) in [5, 5.41) is 5.95. The second-order valence-corrected chi connectivity index (χ2v) is 6.08. The Hall–Kier alpha value is -2.08. The molecule has 116 valence electrons. The lowest BCUT2D eigenvalue weighted by atomic mass is 10.2. The zero-order valence-electron chi connectivity index (χ0n) is 12.5. The first-order valence-electron chi connectivity index (χ1n) is 7.19. The first-order chi connectivity index (χ1) is 10.8. The third-order valence-electron chi connectivity index (χ3n) is 3.01. The molecule has 1 amide bonds. The van der Waals surface area contributed by atoms with Gasteiger partial charge in [-0.25, -0.2) is 4.98 Å². The highest BCUT2D eigenvalue weighted by molar-refractivity contribution is 7.99. The fourth-order valence-electron chi connectivity index (χ4n) is 1.78. The van der Waals surface area contributed by atoms with Gasteiger partial charge >= 0.3 is 0 Å². The van der Waals surface area contributed by atoms with Crippen molar-refractivity contribution in [1.82, 2.24) is 15.3 Å². The Morgan fingerprint density at radius 2 is 2.05 bits per heavy atom. The normalized spacial score (nSPS) is 11.7. The highest BCUT2D eigenvalue weighted by Crippen LogP contribution is 2.17. The quantitative estimate of drug-likeness (QED) is 0.732. The Balaban J connectivity index is 1.62. The summed E-state index contributed by atoms with van der Waals surface area (Å²) in [6.45, 7) is 3.12. The van der Waals surface area contributed by atoms with Gasteiger partial charge in [-0.1, -0.05) is 30.3 Å². The topological polar surface area (TPSA) is 66.9 Å². The SMILES string of the molecule is C[C@H](SCc1ccccc1)C(=O)NCCNc1cnccn1. The largest absolute Gasteiger partial charge is 0.367 e. The molecule has 22 heavy (non-hydrogen) atoms. The molecular weight excluding hydrogens is 296 g/mol. The molecule has 2 rings (SSSR count). The minimum atomic E-state index is -0.0725. The smallest absolute Gasteiger partial charge is 0.232 e. The molecule has 0 radical (unpaired) electrons. The summed E-state index contributed by atoms with van der Waals surface area (Å²) in [5.74, 6) is 1.61. The van der Waals surface area contributed by atoms with Gasteiger partial charge in [0.25, 0.3) is 0 Å². The number of benzene rings is 1. The molecule has 0 unspecified atom stereocenters. The number of nitrogens with zero attached hydrogens (tertiary/aromatic N) is 2. The molecule has 0 bridgehead atoms. The summed E-state index contributed by atoms with van der Waals surface area (Å²) in [5.41, 5.74) is 1.23. The van der Waals surface area contributed by atoms with Crippen molar-refractivity contribution in [3.05, 3.63) is 54.5 Å². The standard InChI is InChI=1S/C16H20N4OS/c1-13(22-12-14-5-3-2-4-6-14)16(21)20-10-9-19-15-11-17-7-8-18-15/h2-8,11,13H,9-10,12H2,1H3,(H,18,19)(H,20,21)/t13-/m0/s1. The Bertz CT molecular complexity index is 565. The van der Waals surface area contributed by atoms with E-state index in [0.29, 0.717) is 18.9 Å². The minimum absolute atomic E-state index is 0.0573. The molecule has 0 saturated carbocycles. The van der Waals surface area contributed by atoms with Crippen molar-refractivity contribution in [1.29, 1.82) is 0 Å². The number of carbonyl (C=O) groups excluding carboxylic acids is 1. The molecule has 6 heteroatoms.